The van der Waals surface area contributed by atoms with Crippen LogP contribution in [0.4, 0.5) is 0 Å². The molecule has 0 unspecified atom stereocenters. The maximum Gasteiger partial charge on any atom is 0.0461 e. The van der Waals surface area contributed by atoms with Crippen LogP contribution in [-0.2, 0) is 5.75 Å². The molecule has 0 heterocycles. The molecular formula is C10H13Cl2NS. The van der Waals surface area contributed by atoms with Gasteiger partial charge in [-0.25, -0.2) is 0 Å². The molecular weight excluding hydrogens is 237 g/mol. The van der Waals surface area contributed by atoms with Gasteiger partial charge in [-0.05, 0) is 31.5 Å². The smallest absolute Gasteiger partial charge is 0.0461 e. The molecule has 0 aliphatic rings. The van der Waals surface area contributed by atoms with Gasteiger partial charge in [-0.3, -0.25) is 4.72 Å². The minimum atomic E-state index is 0.478. The maximum absolute atomic E-state index is 6.02. The van der Waals surface area contributed by atoms with E-state index in [2.05, 4.69) is 18.6 Å². The lowest BCUT2D eigenvalue weighted by Gasteiger charge is -2.08. The van der Waals surface area contributed by atoms with E-state index in [1.807, 2.05) is 12.1 Å². The minimum Gasteiger partial charge on any atom is -0.261 e. The Morgan fingerprint density at radius 2 is 2.07 bits per heavy atom. The van der Waals surface area contributed by atoms with Crippen molar-refractivity contribution in [2.24, 2.45) is 0 Å². The molecule has 1 aromatic carbocycles. The monoisotopic (exact) mass is 249 g/mol. The van der Waals surface area contributed by atoms with Gasteiger partial charge < -0.3 is 0 Å². The van der Waals surface area contributed by atoms with Crippen molar-refractivity contribution in [2.45, 2.75) is 25.6 Å². The Bertz CT molecular complexity index is 302. The third-order valence-corrected chi connectivity index (χ3v) is 3.24. The maximum atomic E-state index is 6.02. The molecule has 0 amide bonds. The van der Waals surface area contributed by atoms with Crippen LogP contribution >= 0.6 is 35.1 Å². The predicted octanol–water partition coefficient (Wildman–Crippen LogP) is 4.14. The van der Waals surface area contributed by atoms with Gasteiger partial charge in [0, 0.05) is 21.8 Å². The summed E-state index contributed by atoms with van der Waals surface area (Å²) < 4.78 is 3.26. The summed E-state index contributed by atoms with van der Waals surface area (Å²) in [6.45, 7) is 4.22. The molecule has 0 fully saturated rings. The van der Waals surface area contributed by atoms with Gasteiger partial charge in [0.2, 0.25) is 0 Å². The normalized spacial score (nSPS) is 10.9. The summed E-state index contributed by atoms with van der Waals surface area (Å²) in [5.74, 6) is 0.855. The Kier molecular flexibility index (Phi) is 5.10. The van der Waals surface area contributed by atoms with Crippen molar-refractivity contribution in [3.05, 3.63) is 33.8 Å². The first kappa shape index (κ1) is 12.2. The average Bonchev–Trinajstić information content (AvgIpc) is 2.08. The highest BCUT2D eigenvalue weighted by Crippen LogP contribution is 2.23. The molecule has 0 saturated carbocycles. The fraction of sp³-hybridized carbons (Fsp3) is 0.400. The van der Waals surface area contributed by atoms with Crippen LogP contribution in [0.5, 0.6) is 0 Å². The third kappa shape index (κ3) is 4.09. The van der Waals surface area contributed by atoms with Gasteiger partial charge in [0.1, 0.15) is 0 Å². The minimum absolute atomic E-state index is 0.478. The van der Waals surface area contributed by atoms with E-state index < -0.39 is 0 Å². The van der Waals surface area contributed by atoms with Crippen LogP contribution in [0.1, 0.15) is 19.4 Å². The van der Waals surface area contributed by atoms with Crippen LogP contribution < -0.4 is 4.72 Å². The van der Waals surface area contributed by atoms with E-state index in [0.29, 0.717) is 11.1 Å². The van der Waals surface area contributed by atoms with E-state index in [4.69, 9.17) is 23.2 Å². The van der Waals surface area contributed by atoms with Gasteiger partial charge >= 0.3 is 0 Å². The highest BCUT2D eigenvalue weighted by atomic mass is 35.5. The number of nitrogens with one attached hydrogen (secondary N) is 1. The van der Waals surface area contributed by atoms with Crippen LogP contribution in [-0.4, -0.2) is 6.04 Å². The van der Waals surface area contributed by atoms with Crippen molar-refractivity contribution < 1.29 is 0 Å². The molecule has 0 atom stereocenters. The summed E-state index contributed by atoms with van der Waals surface area (Å²) in [5.41, 5.74) is 1.11. The van der Waals surface area contributed by atoms with Gasteiger partial charge in [-0.1, -0.05) is 41.2 Å². The van der Waals surface area contributed by atoms with Gasteiger partial charge in [0.05, 0.1) is 0 Å². The lowest BCUT2D eigenvalue weighted by molar-refractivity contribution is 0.770. The van der Waals surface area contributed by atoms with Gasteiger partial charge in [-0.15, -0.1) is 0 Å². The van der Waals surface area contributed by atoms with E-state index in [1.165, 1.54) is 0 Å². The Labute approximate surface area is 99.3 Å². The fourth-order valence-electron chi connectivity index (χ4n) is 0.925. The van der Waals surface area contributed by atoms with E-state index in [0.717, 1.165) is 16.3 Å². The van der Waals surface area contributed by atoms with E-state index >= 15 is 0 Å². The molecule has 1 aromatic rings. The molecule has 0 aliphatic heterocycles. The van der Waals surface area contributed by atoms with E-state index in [-0.39, 0.29) is 0 Å². The zero-order valence-corrected chi connectivity index (χ0v) is 10.5. The van der Waals surface area contributed by atoms with Crippen molar-refractivity contribution in [3.8, 4) is 0 Å². The molecule has 0 radical (unpaired) electrons. The van der Waals surface area contributed by atoms with Crippen LogP contribution in [0.3, 0.4) is 0 Å². The molecule has 0 aromatic heterocycles. The van der Waals surface area contributed by atoms with Gasteiger partial charge in [0.25, 0.3) is 0 Å². The Morgan fingerprint density at radius 3 is 2.64 bits per heavy atom. The van der Waals surface area contributed by atoms with Crippen LogP contribution in [0, 0.1) is 0 Å². The summed E-state index contributed by atoms with van der Waals surface area (Å²) in [4.78, 5) is 0. The highest BCUT2D eigenvalue weighted by molar-refractivity contribution is 7.96. The second-order valence-corrected chi connectivity index (χ2v) is 4.95. The third-order valence-electron chi connectivity index (χ3n) is 1.56. The van der Waals surface area contributed by atoms with Crippen molar-refractivity contribution in [1.82, 2.24) is 4.72 Å². The van der Waals surface area contributed by atoms with Crippen molar-refractivity contribution >= 4 is 35.1 Å². The van der Waals surface area contributed by atoms with E-state index in [9.17, 15) is 0 Å². The van der Waals surface area contributed by atoms with Crippen LogP contribution in [0.15, 0.2) is 18.2 Å². The molecule has 1 nitrogen and oxygen atoms in total. The van der Waals surface area contributed by atoms with E-state index in [1.54, 1.807) is 18.0 Å². The Hall–Kier alpha value is 0.110. The fourth-order valence-corrected chi connectivity index (χ4v) is 2.30. The van der Waals surface area contributed by atoms with Crippen molar-refractivity contribution in [3.63, 3.8) is 0 Å². The summed E-state index contributed by atoms with van der Waals surface area (Å²) >= 11 is 13.5. The molecule has 1 N–H and O–H groups in total. The molecule has 1 rings (SSSR count). The molecule has 0 spiro atoms. The van der Waals surface area contributed by atoms with Crippen molar-refractivity contribution in [1.29, 1.82) is 0 Å². The van der Waals surface area contributed by atoms with Gasteiger partial charge in [-0.2, -0.15) is 0 Å². The number of hydrogen-bond acceptors (Lipinski definition) is 2. The predicted molar refractivity (Wildman–Crippen MR) is 66.0 cm³/mol. The summed E-state index contributed by atoms with van der Waals surface area (Å²) in [7, 11) is 0. The quantitative estimate of drug-likeness (QED) is 0.806. The molecule has 78 valence electrons. The average molecular weight is 250 g/mol. The van der Waals surface area contributed by atoms with Gasteiger partial charge in [0.15, 0.2) is 0 Å². The molecule has 4 heteroatoms. The number of halogens is 2. The molecule has 14 heavy (non-hydrogen) atoms. The second kappa shape index (κ2) is 5.86. The Morgan fingerprint density at radius 1 is 1.36 bits per heavy atom. The first-order chi connectivity index (χ1) is 6.59. The number of rotatable bonds is 4. The lowest BCUT2D eigenvalue weighted by Crippen LogP contribution is -2.14. The molecule has 0 saturated heterocycles. The number of hydrogen-bond donors (Lipinski definition) is 1. The first-order valence-corrected chi connectivity index (χ1v) is 6.15. The zero-order chi connectivity index (χ0) is 10.6. The molecule has 0 aliphatic carbocycles. The highest BCUT2D eigenvalue weighted by Gasteiger charge is 2.01. The first-order valence-electron chi connectivity index (χ1n) is 4.41. The Balaban J connectivity index is 2.51. The van der Waals surface area contributed by atoms with Crippen LogP contribution in [0.2, 0.25) is 10.0 Å². The summed E-state index contributed by atoms with van der Waals surface area (Å²) in [5, 5.41) is 1.41. The zero-order valence-electron chi connectivity index (χ0n) is 8.18. The summed E-state index contributed by atoms with van der Waals surface area (Å²) in [6.07, 6.45) is 0. The SMILES string of the molecule is CC(C)NSCc1ccc(Cl)cc1Cl. The standard InChI is InChI=1S/C10H13Cl2NS/c1-7(2)13-14-6-8-3-4-9(11)5-10(8)12/h3-5,7,13H,6H2,1-2H3. The lowest BCUT2D eigenvalue weighted by atomic mass is 10.2. The van der Waals surface area contributed by atoms with Crippen LogP contribution in [0.25, 0.3) is 0 Å². The second-order valence-electron chi connectivity index (χ2n) is 3.30. The number of benzene rings is 1. The molecule has 0 bridgehead atoms. The summed E-state index contributed by atoms with van der Waals surface area (Å²) in [6, 6.07) is 6.07. The topological polar surface area (TPSA) is 12.0 Å². The van der Waals surface area contributed by atoms with Crippen molar-refractivity contribution in [2.75, 3.05) is 0 Å². The largest absolute Gasteiger partial charge is 0.261 e.